The second-order valence-corrected chi connectivity index (χ2v) is 4.39. The Balaban J connectivity index is 2.29. The van der Waals surface area contributed by atoms with Gasteiger partial charge in [0.15, 0.2) is 0 Å². The van der Waals surface area contributed by atoms with E-state index in [-0.39, 0.29) is 5.56 Å². The molecule has 0 aliphatic rings. The van der Waals surface area contributed by atoms with Gasteiger partial charge in [0.05, 0.1) is 12.8 Å². The first-order valence-electron chi connectivity index (χ1n) is 5.60. The average Bonchev–Trinajstić information content (AvgIpc) is 2.37. The molecule has 2 rings (SSSR count). The Morgan fingerprint density at radius 2 is 1.80 bits per heavy atom. The van der Waals surface area contributed by atoms with Gasteiger partial charge in [0, 0.05) is 16.7 Å². The van der Waals surface area contributed by atoms with Gasteiger partial charge in [-0.05, 0) is 30.3 Å². The lowest BCUT2D eigenvalue weighted by Gasteiger charge is -2.10. The summed E-state index contributed by atoms with van der Waals surface area (Å²) >= 11 is 5.83. The molecule has 0 heterocycles. The third kappa shape index (κ3) is 3.24. The van der Waals surface area contributed by atoms with Gasteiger partial charge < -0.3 is 10.1 Å². The molecule has 0 aromatic heterocycles. The zero-order valence-electron chi connectivity index (χ0n) is 10.4. The van der Waals surface area contributed by atoms with Crippen molar-refractivity contribution < 1.29 is 18.3 Å². The molecular weight excluding hydrogens is 288 g/mol. The Bertz CT molecular complexity index is 641. The standard InChI is InChI=1S/C14H10ClF2NO2/c1-20-13-3-2-9(15)6-12(13)18-14(19)8-4-10(16)7-11(17)5-8/h2-7H,1H3,(H,18,19). The van der Waals surface area contributed by atoms with Gasteiger partial charge in [-0.3, -0.25) is 4.79 Å². The molecule has 0 atom stereocenters. The van der Waals surface area contributed by atoms with Crippen molar-refractivity contribution in [1.82, 2.24) is 0 Å². The molecule has 1 N–H and O–H groups in total. The molecule has 0 spiro atoms. The highest BCUT2D eigenvalue weighted by Crippen LogP contribution is 2.28. The fourth-order valence-corrected chi connectivity index (χ4v) is 1.83. The van der Waals surface area contributed by atoms with Crippen molar-refractivity contribution in [2.45, 2.75) is 0 Å². The first-order valence-corrected chi connectivity index (χ1v) is 5.98. The van der Waals surface area contributed by atoms with E-state index in [9.17, 15) is 13.6 Å². The van der Waals surface area contributed by atoms with E-state index in [1.165, 1.54) is 13.2 Å². The number of anilines is 1. The molecule has 2 aromatic carbocycles. The molecule has 2 aromatic rings. The van der Waals surface area contributed by atoms with E-state index in [1.807, 2.05) is 0 Å². The number of methoxy groups -OCH3 is 1. The smallest absolute Gasteiger partial charge is 0.255 e. The summed E-state index contributed by atoms with van der Waals surface area (Å²) < 4.78 is 31.2. The van der Waals surface area contributed by atoms with Crippen LogP contribution >= 0.6 is 11.6 Å². The monoisotopic (exact) mass is 297 g/mol. The van der Waals surface area contributed by atoms with Crippen LogP contribution in [0, 0.1) is 11.6 Å². The highest BCUT2D eigenvalue weighted by Gasteiger charge is 2.12. The van der Waals surface area contributed by atoms with Crippen molar-refractivity contribution in [1.29, 1.82) is 0 Å². The van der Waals surface area contributed by atoms with Crippen molar-refractivity contribution in [2.75, 3.05) is 12.4 Å². The molecule has 0 aliphatic carbocycles. The van der Waals surface area contributed by atoms with Crippen LogP contribution in [0.15, 0.2) is 36.4 Å². The minimum absolute atomic E-state index is 0.135. The van der Waals surface area contributed by atoms with E-state index in [0.29, 0.717) is 22.5 Å². The van der Waals surface area contributed by atoms with Crippen LogP contribution in [0.5, 0.6) is 5.75 Å². The molecule has 6 heteroatoms. The van der Waals surface area contributed by atoms with E-state index in [1.54, 1.807) is 12.1 Å². The Kier molecular flexibility index (Phi) is 4.20. The van der Waals surface area contributed by atoms with Crippen LogP contribution in [0.3, 0.4) is 0 Å². The lowest BCUT2D eigenvalue weighted by atomic mass is 10.2. The minimum atomic E-state index is -0.826. The summed E-state index contributed by atoms with van der Waals surface area (Å²) in [7, 11) is 1.43. The van der Waals surface area contributed by atoms with Gasteiger partial charge in [-0.25, -0.2) is 8.78 Å². The summed E-state index contributed by atoms with van der Waals surface area (Å²) in [6, 6.07) is 7.22. The Hall–Kier alpha value is -2.14. The number of halogens is 3. The summed E-state index contributed by atoms with van der Waals surface area (Å²) in [5.41, 5.74) is 0.180. The van der Waals surface area contributed by atoms with Gasteiger partial charge in [0.2, 0.25) is 0 Å². The zero-order chi connectivity index (χ0) is 14.7. The second kappa shape index (κ2) is 5.88. The molecule has 1 amide bonds. The normalized spacial score (nSPS) is 10.2. The van der Waals surface area contributed by atoms with E-state index in [4.69, 9.17) is 16.3 Å². The maximum Gasteiger partial charge on any atom is 0.255 e. The Morgan fingerprint density at radius 3 is 2.40 bits per heavy atom. The first-order chi connectivity index (χ1) is 9.49. The fourth-order valence-electron chi connectivity index (χ4n) is 1.66. The number of hydrogen-bond acceptors (Lipinski definition) is 2. The lowest BCUT2D eigenvalue weighted by molar-refractivity contribution is 0.102. The highest BCUT2D eigenvalue weighted by atomic mass is 35.5. The molecule has 0 bridgehead atoms. The first kappa shape index (κ1) is 14.3. The molecule has 20 heavy (non-hydrogen) atoms. The van der Waals surface area contributed by atoms with E-state index >= 15 is 0 Å². The van der Waals surface area contributed by atoms with E-state index in [2.05, 4.69) is 5.32 Å². The number of carbonyl (C=O) groups excluding carboxylic acids is 1. The van der Waals surface area contributed by atoms with Crippen molar-refractivity contribution in [3.63, 3.8) is 0 Å². The van der Waals surface area contributed by atoms with Crippen molar-refractivity contribution in [3.05, 3.63) is 58.6 Å². The Morgan fingerprint density at radius 1 is 1.15 bits per heavy atom. The van der Waals surface area contributed by atoms with Gasteiger partial charge in [-0.2, -0.15) is 0 Å². The van der Waals surface area contributed by atoms with Gasteiger partial charge in [-0.15, -0.1) is 0 Å². The van der Waals surface area contributed by atoms with E-state index in [0.717, 1.165) is 12.1 Å². The highest BCUT2D eigenvalue weighted by molar-refractivity contribution is 6.31. The number of nitrogens with one attached hydrogen (secondary N) is 1. The van der Waals surface area contributed by atoms with Crippen LogP contribution < -0.4 is 10.1 Å². The summed E-state index contributed by atoms with van der Waals surface area (Å²) in [6.45, 7) is 0. The SMILES string of the molecule is COc1ccc(Cl)cc1NC(=O)c1cc(F)cc(F)c1. The van der Waals surface area contributed by atoms with Crippen LogP contribution in [0.2, 0.25) is 5.02 Å². The quantitative estimate of drug-likeness (QED) is 0.933. The van der Waals surface area contributed by atoms with Crippen LogP contribution in [-0.2, 0) is 0 Å². The average molecular weight is 298 g/mol. The molecule has 0 aliphatic heterocycles. The largest absolute Gasteiger partial charge is 0.495 e. The van der Waals surface area contributed by atoms with Gasteiger partial charge in [0.25, 0.3) is 5.91 Å². The molecule has 0 saturated heterocycles. The number of benzene rings is 2. The summed E-state index contributed by atoms with van der Waals surface area (Å²) in [6.07, 6.45) is 0. The maximum atomic E-state index is 13.1. The number of carbonyl (C=O) groups is 1. The third-order valence-electron chi connectivity index (χ3n) is 2.53. The van der Waals surface area contributed by atoms with Crippen LogP contribution in [0.1, 0.15) is 10.4 Å². The number of rotatable bonds is 3. The molecule has 3 nitrogen and oxygen atoms in total. The summed E-state index contributed by atoms with van der Waals surface area (Å²) in [5, 5.41) is 2.89. The predicted octanol–water partition coefficient (Wildman–Crippen LogP) is 3.88. The summed E-state index contributed by atoms with van der Waals surface area (Å²) in [4.78, 5) is 12.0. The molecule has 104 valence electrons. The maximum absolute atomic E-state index is 13.1. The summed E-state index contributed by atoms with van der Waals surface area (Å²) in [5.74, 6) is -1.93. The van der Waals surface area contributed by atoms with Gasteiger partial charge >= 0.3 is 0 Å². The fraction of sp³-hybridized carbons (Fsp3) is 0.0714. The van der Waals surface area contributed by atoms with Gasteiger partial charge in [0.1, 0.15) is 17.4 Å². The topological polar surface area (TPSA) is 38.3 Å². The molecule has 0 saturated carbocycles. The van der Waals surface area contributed by atoms with Gasteiger partial charge in [-0.1, -0.05) is 11.6 Å². The molecule has 0 radical (unpaired) electrons. The van der Waals surface area contributed by atoms with Crippen molar-refractivity contribution >= 4 is 23.2 Å². The molecular formula is C14H10ClF2NO2. The second-order valence-electron chi connectivity index (χ2n) is 3.96. The van der Waals surface area contributed by atoms with Crippen LogP contribution in [0.4, 0.5) is 14.5 Å². The van der Waals surface area contributed by atoms with E-state index < -0.39 is 17.5 Å². The Labute approximate surface area is 119 Å². The third-order valence-corrected chi connectivity index (χ3v) is 2.77. The zero-order valence-corrected chi connectivity index (χ0v) is 11.2. The van der Waals surface area contributed by atoms with Crippen molar-refractivity contribution in [3.8, 4) is 5.75 Å². The lowest BCUT2D eigenvalue weighted by Crippen LogP contribution is -2.13. The van der Waals surface area contributed by atoms with Crippen molar-refractivity contribution in [2.24, 2.45) is 0 Å². The number of amides is 1. The molecule has 0 fully saturated rings. The van der Waals surface area contributed by atoms with Crippen LogP contribution in [0.25, 0.3) is 0 Å². The van der Waals surface area contributed by atoms with Crippen LogP contribution in [-0.4, -0.2) is 13.0 Å². The number of ether oxygens (including phenoxy) is 1. The predicted molar refractivity (Wildman–Crippen MR) is 72.3 cm³/mol. The number of hydrogen-bond donors (Lipinski definition) is 1. The minimum Gasteiger partial charge on any atom is -0.495 e. The molecule has 0 unspecified atom stereocenters.